The standard InChI is InChI=1S/C12H20N4O/c1-4-17-12-7-5-6-11(15-12)16(3)9(2)8-10(13)14/h5-7,9H,4,8H2,1-3H3,(H3,13,14). The molecular weight excluding hydrogens is 216 g/mol. The van der Waals surface area contributed by atoms with Crippen LogP contribution >= 0.6 is 0 Å². The first-order valence-corrected chi connectivity index (χ1v) is 5.70. The Morgan fingerprint density at radius 2 is 2.29 bits per heavy atom. The van der Waals surface area contributed by atoms with E-state index in [1.54, 1.807) is 0 Å². The molecule has 1 atom stereocenters. The van der Waals surface area contributed by atoms with E-state index < -0.39 is 0 Å². The summed E-state index contributed by atoms with van der Waals surface area (Å²) in [5.41, 5.74) is 5.40. The molecule has 5 heteroatoms. The van der Waals surface area contributed by atoms with Crippen LogP contribution in [-0.4, -0.2) is 30.5 Å². The number of aromatic nitrogens is 1. The van der Waals surface area contributed by atoms with E-state index in [9.17, 15) is 0 Å². The maximum Gasteiger partial charge on any atom is 0.215 e. The molecule has 17 heavy (non-hydrogen) atoms. The van der Waals surface area contributed by atoms with Gasteiger partial charge in [-0.05, 0) is 19.9 Å². The smallest absolute Gasteiger partial charge is 0.215 e. The topological polar surface area (TPSA) is 75.2 Å². The van der Waals surface area contributed by atoms with E-state index in [1.807, 2.05) is 44.0 Å². The Morgan fingerprint density at radius 3 is 2.88 bits per heavy atom. The summed E-state index contributed by atoms with van der Waals surface area (Å²) in [6.45, 7) is 4.54. The Bertz CT molecular complexity index is 381. The molecule has 5 nitrogen and oxygen atoms in total. The van der Waals surface area contributed by atoms with Crippen molar-refractivity contribution < 1.29 is 4.74 Å². The molecule has 0 bridgehead atoms. The first kappa shape index (κ1) is 13.3. The van der Waals surface area contributed by atoms with Gasteiger partial charge in [-0.15, -0.1) is 0 Å². The average molecular weight is 236 g/mol. The van der Waals surface area contributed by atoms with Gasteiger partial charge in [0.1, 0.15) is 5.82 Å². The fourth-order valence-corrected chi connectivity index (χ4v) is 1.51. The fraction of sp³-hybridized carbons (Fsp3) is 0.500. The van der Waals surface area contributed by atoms with Gasteiger partial charge >= 0.3 is 0 Å². The highest BCUT2D eigenvalue weighted by molar-refractivity contribution is 5.77. The Kier molecular flexibility index (Phi) is 4.75. The SMILES string of the molecule is CCOc1cccc(N(C)C(C)CC(=N)N)n1. The molecule has 3 N–H and O–H groups in total. The summed E-state index contributed by atoms with van der Waals surface area (Å²) >= 11 is 0. The van der Waals surface area contributed by atoms with Crippen molar-refractivity contribution in [2.45, 2.75) is 26.3 Å². The summed E-state index contributed by atoms with van der Waals surface area (Å²) in [4.78, 5) is 6.37. The Hall–Kier alpha value is -1.78. The number of rotatable bonds is 6. The summed E-state index contributed by atoms with van der Waals surface area (Å²) in [6, 6.07) is 5.79. The molecule has 94 valence electrons. The zero-order chi connectivity index (χ0) is 12.8. The second kappa shape index (κ2) is 6.08. The van der Waals surface area contributed by atoms with E-state index in [-0.39, 0.29) is 11.9 Å². The molecule has 1 heterocycles. The number of amidine groups is 1. The van der Waals surface area contributed by atoms with Gasteiger partial charge in [0, 0.05) is 25.6 Å². The lowest BCUT2D eigenvalue weighted by molar-refractivity contribution is 0.327. The first-order chi connectivity index (χ1) is 8.04. The molecule has 0 saturated carbocycles. The molecule has 0 aromatic carbocycles. The zero-order valence-electron chi connectivity index (χ0n) is 10.6. The van der Waals surface area contributed by atoms with Crippen LogP contribution < -0.4 is 15.4 Å². The van der Waals surface area contributed by atoms with Gasteiger partial charge in [-0.3, -0.25) is 5.41 Å². The highest BCUT2D eigenvalue weighted by Crippen LogP contribution is 2.17. The third-order valence-corrected chi connectivity index (χ3v) is 2.54. The van der Waals surface area contributed by atoms with E-state index in [4.69, 9.17) is 15.9 Å². The van der Waals surface area contributed by atoms with Crippen molar-refractivity contribution >= 4 is 11.7 Å². The van der Waals surface area contributed by atoms with Crippen LogP contribution in [0.5, 0.6) is 5.88 Å². The molecule has 0 saturated heterocycles. The van der Waals surface area contributed by atoms with Crippen LogP contribution in [0.3, 0.4) is 0 Å². The maximum atomic E-state index is 7.29. The second-order valence-electron chi connectivity index (χ2n) is 3.96. The molecule has 1 rings (SSSR count). The Balaban J connectivity index is 2.76. The van der Waals surface area contributed by atoms with Crippen LogP contribution in [0.1, 0.15) is 20.3 Å². The molecule has 0 amide bonds. The van der Waals surface area contributed by atoms with Crippen LogP contribution in [0.15, 0.2) is 18.2 Å². The summed E-state index contributed by atoms with van der Waals surface area (Å²) in [6.07, 6.45) is 0.525. The predicted octanol–water partition coefficient (Wildman–Crippen LogP) is 1.63. The van der Waals surface area contributed by atoms with Crippen molar-refractivity contribution in [1.82, 2.24) is 4.98 Å². The molecule has 0 radical (unpaired) electrons. The summed E-state index contributed by atoms with van der Waals surface area (Å²) in [7, 11) is 1.94. The predicted molar refractivity (Wildman–Crippen MR) is 69.8 cm³/mol. The van der Waals surface area contributed by atoms with E-state index in [1.165, 1.54) is 0 Å². The molecule has 1 aromatic rings. The minimum Gasteiger partial charge on any atom is -0.478 e. The number of nitrogens with zero attached hydrogens (tertiary/aromatic N) is 2. The highest BCUT2D eigenvalue weighted by atomic mass is 16.5. The number of hydrogen-bond acceptors (Lipinski definition) is 4. The van der Waals surface area contributed by atoms with Gasteiger partial charge in [-0.25, -0.2) is 0 Å². The summed E-state index contributed by atoms with van der Waals surface area (Å²) in [5.74, 6) is 1.63. The summed E-state index contributed by atoms with van der Waals surface area (Å²) < 4.78 is 5.35. The largest absolute Gasteiger partial charge is 0.478 e. The van der Waals surface area contributed by atoms with E-state index in [2.05, 4.69) is 4.98 Å². The molecule has 0 fully saturated rings. The van der Waals surface area contributed by atoms with Crippen LogP contribution in [0.2, 0.25) is 0 Å². The second-order valence-corrected chi connectivity index (χ2v) is 3.96. The van der Waals surface area contributed by atoms with Crippen LogP contribution in [0.25, 0.3) is 0 Å². The number of hydrogen-bond donors (Lipinski definition) is 2. The third kappa shape index (κ3) is 3.94. The Morgan fingerprint density at radius 1 is 1.59 bits per heavy atom. The Labute approximate surface area is 102 Å². The van der Waals surface area contributed by atoms with Crippen molar-refractivity contribution in [3.05, 3.63) is 18.2 Å². The highest BCUT2D eigenvalue weighted by Gasteiger charge is 2.12. The molecule has 1 aromatic heterocycles. The summed E-state index contributed by atoms with van der Waals surface area (Å²) in [5, 5.41) is 7.29. The fourth-order valence-electron chi connectivity index (χ4n) is 1.51. The minimum atomic E-state index is 0.136. The van der Waals surface area contributed by atoms with Crippen molar-refractivity contribution in [3.63, 3.8) is 0 Å². The maximum absolute atomic E-state index is 7.29. The number of anilines is 1. The van der Waals surface area contributed by atoms with Gasteiger partial charge in [0.2, 0.25) is 5.88 Å². The molecule has 0 aliphatic rings. The lowest BCUT2D eigenvalue weighted by Gasteiger charge is -2.25. The number of ether oxygens (including phenoxy) is 1. The molecule has 0 aliphatic carbocycles. The normalized spacial score (nSPS) is 11.9. The lowest BCUT2D eigenvalue weighted by atomic mass is 10.2. The molecular formula is C12H20N4O. The van der Waals surface area contributed by atoms with Gasteiger partial charge in [0.25, 0.3) is 0 Å². The van der Waals surface area contributed by atoms with Crippen LogP contribution in [0, 0.1) is 5.41 Å². The number of pyridine rings is 1. The minimum absolute atomic E-state index is 0.136. The molecule has 0 aliphatic heterocycles. The van der Waals surface area contributed by atoms with Gasteiger partial charge in [-0.2, -0.15) is 4.98 Å². The van der Waals surface area contributed by atoms with Crippen molar-refractivity contribution in [3.8, 4) is 5.88 Å². The van der Waals surface area contributed by atoms with Gasteiger partial charge < -0.3 is 15.4 Å². The van der Waals surface area contributed by atoms with Crippen molar-refractivity contribution in [2.75, 3.05) is 18.6 Å². The molecule has 0 spiro atoms. The van der Waals surface area contributed by atoms with E-state index in [0.717, 1.165) is 5.82 Å². The van der Waals surface area contributed by atoms with Gasteiger partial charge in [0.15, 0.2) is 0 Å². The monoisotopic (exact) mass is 236 g/mol. The number of nitrogens with two attached hydrogens (primary N) is 1. The van der Waals surface area contributed by atoms with Gasteiger partial charge in [-0.1, -0.05) is 6.07 Å². The zero-order valence-corrected chi connectivity index (χ0v) is 10.6. The van der Waals surface area contributed by atoms with Crippen molar-refractivity contribution in [2.24, 2.45) is 5.73 Å². The van der Waals surface area contributed by atoms with Gasteiger partial charge in [0.05, 0.1) is 12.4 Å². The van der Waals surface area contributed by atoms with Crippen LogP contribution in [0.4, 0.5) is 5.82 Å². The lowest BCUT2D eigenvalue weighted by Crippen LogP contribution is -2.33. The third-order valence-electron chi connectivity index (χ3n) is 2.54. The van der Waals surface area contributed by atoms with E-state index >= 15 is 0 Å². The average Bonchev–Trinajstić information content (AvgIpc) is 2.28. The van der Waals surface area contributed by atoms with Crippen LogP contribution in [-0.2, 0) is 0 Å². The van der Waals surface area contributed by atoms with E-state index in [0.29, 0.717) is 18.9 Å². The molecule has 1 unspecified atom stereocenters. The quantitative estimate of drug-likeness (QED) is 0.581. The number of nitrogens with one attached hydrogen (secondary N) is 1. The van der Waals surface area contributed by atoms with Crippen molar-refractivity contribution in [1.29, 1.82) is 5.41 Å². The first-order valence-electron chi connectivity index (χ1n) is 5.70.